The SMILES string of the molecule is Nc1ccc(CCCOc2cccc(C(F)(F)F)c2)cc1. The van der Waals surface area contributed by atoms with Gasteiger partial charge in [0.25, 0.3) is 0 Å². The van der Waals surface area contributed by atoms with Crippen molar-refractivity contribution in [2.24, 2.45) is 0 Å². The highest BCUT2D eigenvalue weighted by molar-refractivity contribution is 5.39. The standard InChI is InChI=1S/C16H16F3NO/c17-16(18,19)13-4-1-5-15(11-13)21-10-2-3-12-6-8-14(20)9-7-12/h1,4-9,11H,2-3,10,20H2. The lowest BCUT2D eigenvalue weighted by atomic mass is 10.1. The van der Waals surface area contributed by atoms with Crippen LogP contribution in [0.15, 0.2) is 48.5 Å². The van der Waals surface area contributed by atoms with E-state index in [0.29, 0.717) is 12.3 Å². The number of halogens is 3. The molecule has 0 fully saturated rings. The van der Waals surface area contributed by atoms with Crippen molar-refractivity contribution in [3.8, 4) is 5.75 Å². The van der Waals surface area contributed by atoms with Crippen LogP contribution < -0.4 is 10.5 Å². The largest absolute Gasteiger partial charge is 0.494 e. The predicted molar refractivity (Wildman–Crippen MR) is 76.1 cm³/mol. The number of anilines is 1. The van der Waals surface area contributed by atoms with E-state index in [9.17, 15) is 13.2 Å². The molecule has 21 heavy (non-hydrogen) atoms. The Kier molecular flexibility index (Phi) is 4.73. The quantitative estimate of drug-likeness (QED) is 0.659. The van der Waals surface area contributed by atoms with Crippen LogP contribution in [0, 0.1) is 0 Å². The molecule has 0 bridgehead atoms. The van der Waals surface area contributed by atoms with Gasteiger partial charge in [0.15, 0.2) is 0 Å². The van der Waals surface area contributed by atoms with Crippen LogP contribution in [0.5, 0.6) is 5.75 Å². The highest BCUT2D eigenvalue weighted by Gasteiger charge is 2.30. The number of nitrogens with two attached hydrogens (primary N) is 1. The monoisotopic (exact) mass is 295 g/mol. The molecule has 0 unspecified atom stereocenters. The molecule has 2 rings (SSSR count). The number of hydrogen-bond acceptors (Lipinski definition) is 2. The van der Waals surface area contributed by atoms with Crippen LogP contribution >= 0.6 is 0 Å². The summed E-state index contributed by atoms with van der Waals surface area (Å²) in [4.78, 5) is 0. The minimum atomic E-state index is -4.34. The highest BCUT2D eigenvalue weighted by atomic mass is 19.4. The fraction of sp³-hybridized carbons (Fsp3) is 0.250. The number of hydrogen-bond donors (Lipinski definition) is 1. The molecule has 0 saturated heterocycles. The molecule has 0 aliphatic rings. The Labute approximate surface area is 121 Å². The minimum absolute atomic E-state index is 0.238. The van der Waals surface area contributed by atoms with Crippen molar-refractivity contribution in [1.82, 2.24) is 0 Å². The maximum absolute atomic E-state index is 12.5. The van der Waals surface area contributed by atoms with Gasteiger partial charge >= 0.3 is 6.18 Å². The normalized spacial score (nSPS) is 11.4. The van der Waals surface area contributed by atoms with E-state index in [0.717, 1.165) is 30.5 Å². The number of alkyl halides is 3. The summed E-state index contributed by atoms with van der Waals surface area (Å²) >= 11 is 0. The minimum Gasteiger partial charge on any atom is -0.494 e. The van der Waals surface area contributed by atoms with Crippen molar-refractivity contribution in [2.45, 2.75) is 19.0 Å². The molecule has 0 aliphatic carbocycles. The number of aryl methyl sites for hydroxylation is 1. The lowest BCUT2D eigenvalue weighted by Gasteiger charge is -2.10. The van der Waals surface area contributed by atoms with E-state index in [-0.39, 0.29) is 5.75 Å². The molecule has 0 spiro atoms. The maximum Gasteiger partial charge on any atom is 0.416 e. The molecule has 0 saturated carbocycles. The molecule has 0 atom stereocenters. The third-order valence-electron chi connectivity index (χ3n) is 3.02. The van der Waals surface area contributed by atoms with Gasteiger partial charge in [-0.25, -0.2) is 0 Å². The molecule has 0 heterocycles. The topological polar surface area (TPSA) is 35.2 Å². The Morgan fingerprint density at radius 2 is 1.71 bits per heavy atom. The summed E-state index contributed by atoms with van der Waals surface area (Å²) < 4.78 is 43.0. The molecule has 112 valence electrons. The Hall–Kier alpha value is -2.17. The van der Waals surface area contributed by atoms with Gasteiger partial charge < -0.3 is 10.5 Å². The zero-order valence-corrected chi connectivity index (χ0v) is 11.4. The van der Waals surface area contributed by atoms with Crippen LogP contribution in [0.4, 0.5) is 18.9 Å². The maximum atomic E-state index is 12.5. The van der Waals surface area contributed by atoms with Crippen molar-refractivity contribution >= 4 is 5.69 Å². The number of nitrogen functional groups attached to an aromatic ring is 1. The lowest BCUT2D eigenvalue weighted by Crippen LogP contribution is -2.06. The summed E-state index contributed by atoms with van der Waals surface area (Å²) in [5.74, 6) is 0.238. The van der Waals surface area contributed by atoms with Gasteiger partial charge in [0, 0.05) is 5.69 Å². The Bertz CT molecular complexity index is 579. The van der Waals surface area contributed by atoms with E-state index in [2.05, 4.69) is 0 Å². The fourth-order valence-electron chi connectivity index (χ4n) is 1.91. The van der Waals surface area contributed by atoms with E-state index in [4.69, 9.17) is 10.5 Å². The van der Waals surface area contributed by atoms with Crippen LogP contribution in [0.1, 0.15) is 17.5 Å². The first kappa shape index (κ1) is 15.2. The van der Waals surface area contributed by atoms with E-state index in [1.165, 1.54) is 12.1 Å². The fourth-order valence-corrected chi connectivity index (χ4v) is 1.91. The second-order valence-corrected chi connectivity index (χ2v) is 4.72. The van der Waals surface area contributed by atoms with Gasteiger partial charge in [0.2, 0.25) is 0 Å². The summed E-state index contributed by atoms with van der Waals surface area (Å²) in [6.45, 7) is 0.367. The lowest BCUT2D eigenvalue weighted by molar-refractivity contribution is -0.137. The van der Waals surface area contributed by atoms with E-state index < -0.39 is 11.7 Å². The van der Waals surface area contributed by atoms with Crippen LogP contribution in [-0.4, -0.2) is 6.61 Å². The average Bonchev–Trinajstić information content (AvgIpc) is 2.45. The Morgan fingerprint density at radius 3 is 2.38 bits per heavy atom. The van der Waals surface area contributed by atoms with Gasteiger partial charge in [-0.1, -0.05) is 18.2 Å². The third-order valence-corrected chi connectivity index (χ3v) is 3.02. The van der Waals surface area contributed by atoms with Crippen LogP contribution in [0.2, 0.25) is 0 Å². The molecular formula is C16H16F3NO. The Balaban J connectivity index is 1.82. The second-order valence-electron chi connectivity index (χ2n) is 4.72. The van der Waals surface area contributed by atoms with E-state index in [1.807, 2.05) is 24.3 Å². The molecule has 2 nitrogen and oxygen atoms in total. The summed E-state index contributed by atoms with van der Waals surface area (Å²) in [5, 5.41) is 0. The first-order chi connectivity index (χ1) is 9.95. The van der Waals surface area contributed by atoms with Crippen LogP contribution in [-0.2, 0) is 12.6 Å². The summed E-state index contributed by atoms with van der Waals surface area (Å²) in [6.07, 6.45) is -2.83. The van der Waals surface area contributed by atoms with Gasteiger partial charge in [-0.05, 0) is 48.7 Å². The average molecular weight is 295 g/mol. The molecule has 0 radical (unpaired) electrons. The zero-order chi connectivity index (χ0) is 15.3. The van der Waals surface area contributed by atoms with E-state index >= 15 is 0 Å². The second kappa shape index (κ2) is 6.52. The summed E-state index contributed by atoms with van der Waals surface area (Å²) in [7, 11) is 0. The van der Waals surface area contributed by atoms with Crippen molar-refractivity contribution in [3.05, 3.63) is 59.7 Å². The molecule has 0 aliphatic heterocycles. The number of rotatable bonds is 5. The molecule has 2 aromatic carbocycles. The van der Waals surface area contributed by atoms with Gasteiger partial charge in [-0.3, -0.25) is 0 Å². The molecule has 2 aromatic rings. The molecule has 2 N–H and O–H groups in total. The predicted octanol–water partition coefficient (Wildman–Crippen LogP) is 4.30. The van der Waals surface area contributed by atoms with Crippen molar-refractivity contribution in [1.29, 1.82) is 0 Å². The highest BCUT2D eigenvalue weighted by Crippen LogP contribution is 2.31. The van der Waals surface area contributed by atoms with E-state index in [1.54, 1.807) is 0 Å². The van der Waals surface area contributed by atoms with Gasteiger partial charge in [-0.2, -0.15) is 13.2 Å². The molecule has 0 amide bonds. The number of ether oxygens (including phenoxy) is 1. The van der Waals surface area contributed by atoms with Crippen molar-refractivity contribution in [2.75, 3.05) is 12.3 Å². The van der Waals surface area contributed by atoms with Crippen LogP contribution in [0.3, 0.4) is 0 Å². The van der Waals surface area contributed by atoms with Crippen molar-refractivity contribution < 1.29 is 17.9 Å². The van der Waals surface area contributed by atoms with Gasteiger partial charge in [-0.15, -0.1) is 0 Å². The van der Waals surface area contributed by atoms with Crippen molar-refractivity contribution in [3.63, 3.8) is 0 Å². The summed E-state index contributed by atoms with van der Waals surface area (Å²) in [5.41, 5.74) is 6.72. The smallest absolute Gasteiger partial charge is 0.416 e. The Morgan fingerprint density at radius 1 is 1.00 bits per heavy atom. The first-order valence-electron chi connectivity index (χ1n) is 6.59. The molecule has 5 heteroatoms. The van der Waals surface area contributed by atoms with Gasteiger partial charge in [0.05, 0.1) is 12.2 Å². The first-order valence-corrected chi connectivity index (χ1v) is 6.59. The third kappa shape index (κ3) is 4.70. The van der Waals surface area contributed by atoms with Gasteiger partial charge in [0.1, 0.15) is 5.75 Å². The number of benzene rings is 2. The molecular weight excluding hydrogens is 279 g/mol. The summed E-state index contributed by atoms with van der Waals surface area (Å²) in [6, 6.07) is 12.4. The zero-order valence-electron chi connectivity index (χ0n) is 11.4. The molecule has 0 aromatic heterocycles. The van der Waals surface area contributed by atoms with Crippen LogP contribution in [0.25, 0.3) is 0 Å².